The van der Waals surface area contributed by atoms with Crippen LogP contribution in [0.4, 0.5) is 18.9 Å². The van der Waals surface area contributed by atoms with Gasteiger partial charge in [-0.3, -0.25) is 5.32 Å². The van der Waals surface area contributed by atoms with Crippen molar-refractivity contribution in [2.24, 2.45) is 0 Å². The van der Waals surface area contributed by atoms with E-state index in [1.54, 1.807) is 4.90 Å². The van der Waals surface area contributed by atoms with Crippen LogP contribution in [0.3, 0.4) is 0 Å². The van der Waals surface area contributed by atoms with Crippen LogP contribution < -0.4 is 10.2 Å². The molecule has 0 radical (unpaired) electrons. The fourth-order valence-electron chi connectivity index (χ4n) is 4.13. The number of nitrogens with one attached hydrogen (secondary N) is 1. The third kappa shape index (κ3) is 3.05. The average Bonchev–Trinajstić information content (AvgIpc) is 3.11. The lowest BCUT2D eigenvalue weighted by Gasteiger charge is -2.32. The second-order valence-corrected chi connectivity index (χ2v) is 7.96. The molecule has 2 aliphatic rings. The largest absolute Gasteiger partial charge is 0.401 e. The maximum atomic E-state index is 14.0. The minimum atomic E-state index is -4.46. The van der Waals surface area contributed by atoms with E-state index < -0.39 is 17.7 Å². The molecule has 2 aromatic rings. The lowest BCUT2D eigenvalue weighted by atomic mass is 9.87. The molecule has 3 atom stereocenters. The van der Waals surface area contributed by atoms with Gasteiger partial charge in [-0.1, -0.05) is 24.4 Å². The molecule has 0 bridgehead atoms. The van der Waals surface area contributed by atoms with Gasteiger partial charge in [0.2, 0.25) is 0 Å². The van der Waals surface area contributed by atoms with Crippen LogP contribution in [0, 0.1) is 0 Å². The van der Waals surface area contributed by atoms with Crippen molar-refractivity contribution in [1.82, 2.24) is 19.9 Å². The number of aliphatic hydroxyl groups excluding tert-OH is 1. The second-order valence-electron chi connectivity index (χ2n) is 7.58. The predicted octanol–water partition coefficient (Wildman–Crippen LogP) is 2.87. The zero-order chi connectivity index (χ0) is 19.4. The first-order chi connectivity index (χ1) is 12.7. The van der Waals surface area contributed by atoms with Crippen molar-refractivity contribution in [1.29, 1.82) is 0 Å². The Hall–Kier alpha value is -1.58. The number of hydrogen-bond acceptors (Lipinski definition) is 5. The minimum absolute atomic E-state index is 0.0397. The van der Waals surface area contributed by atoms with Gasteiger partial charge in [-0.25, -0.2) is 9.50 Å². The fourth-order valence-corrected chi connectivity index (χ4v) is 4.30. The van der Waals surface area contributed by atoms with Crippen LogP contribution in [0.5, 0.6) is 0 Å². The third-order valence-corrected chi connectivity index (χ3v) is 5.89. The van der Waals surface area contributed by atoms with E-state index in [0.29, 0.717) is 12.1 Å². The molecule has 2 aromatic heterocycles. The standard InChI is InChI=1S/C17H21ClF3N5O/c1-16(17(19,20)21)8-25(9-23-10-4-2-3-5-12(10)27)11-7-22-14-6-13(18)24-26(14)15(11)16/h6-7,10,12,23,27H,2-5,8-9H2,1H3/t10-,12-,16-/m1/s1. The van der Waals surface area contributed by atoms with Gasteiger partial charge in [-0.05, 0) is 19.8 Å². The number of hydrogen-bond donors (Lipinski definition) is 2. The van der Waals surface area contributed by atoms with Crippen molar-refractivity contribution in [3.63, 3.8) is 0 Å². The number of fused-ring (bicyclic) bond motifs is 3. The Bertz CT molecular complexity index is 857. The third-order valence-electron chi connectivity index (χ3n) is 5.70. The number of rotatable bonds is 3. The van der Waals surface area contributed by atoms with Crippen LogP contribution in [0.15, 0.2) is 12.3 Å². The van der Waals surface area contributed by atoms with Gasteiger partial charge in [0.05, 0.1) is 30.4 Å². The van der Waals surface area contributed by atoms with Crippen molar-refractivity contribution < 1.29 is 18.3 Å². The van der Waals surface area contributed by atoms with Gasteiger partial charge in [0.15, 0.2) is 10.8 Å². The van der Waals surface area contributed by atoms with Crippen LogP contribution in [-0.2, 0) is 5.41 Å². The van der Waals surface area contributed by atoms with Crippen molar-refractivity contribution in [2.45, 2.75) is 56.3 Å². The Morgan fingerprint density at radius 1 is 1.37 bits per heavy atom. The normalized spacial score (nSPS) is 28.7. The molecule has 1 saturated carbocycles. The summed E-state index contributed by atoms with van der Waals surface area (Å²) in [6, 6.07) is 1.33. The van der Waals surface area contributed by atoms with E-state index >= 15 is 0 Å². The number of alkyl halides is 3. The minimum Gasteiger partial charge on any atom is -0.392 e. The summed E-state index contributed by atoms with van der Waals surface area (Å²) in [6.45, 7) is 1.12. The van der Waals surface area contributed by atoms with Gasteiger partial charge in [0.1, 0.15) is 5.41 Å². The molecular weight excluding hydrogens is 383 g/mol. The number of aromatic nitrogens is 3. The Morgan fingerprint density at radius 3 is 2.81 bits per heavy atom. The van der Waals surface area contributed by atoms with Crippen molar-refractivity contribution >= 4 is 22.9 Å². The van der Waals surface area contributed by atoms with Crippen molar-refractivity contribution in [3.05, 3.63) is 23.1 Å². The van der Waals surface area contributed by atoms with Crippen LogP contribution in [0.25, 0.3) is 5.65 Å². The maximum absolute atomic E-state index is 14.0. The summed E-state index contributed by atoms with van der Waals surface area (Å²) >= 11 is 5.90. The summed E-state index contributed by atoms with van der Waals surface area (Å²) in [7, 11) is 0. The molecule has 3 heterocycles. The predicted molar refractivity (Wildman–Crippen MR) is 95.0 cm³/mol. The molecular formula is C17H21ClF3N5O. The molecule has 10 heteroatoms. The zero-order valence-corrected chi connectivity index (χ0v) is 15.6. The van der Waals surface area contributed by atoms with Gasteiger partial charge < -0.3 is 10.0 Å². The molecule has 0 amide bonds. The number of nitrogens with zero attached hydrogens (tertiary/aromatic N) is 4. The van der Waals surface area contributed by atoms with Gasteiger partial charge >= 0.3 is 6.18 Å². The molecule has 0 spiro atoms. The molecule has 4 rings (SSSR count). The smallest absolute Gasteiger partial charge is 0.392 e. The highest BCUT2D eigenvalue weighted by molar-refractivity contribution is 6.29. The maximum Gasteiger partial charge on any atom is 0.401 e. The molecule has 0 aromatic carbocycles. The molecule has 2 N–H and O–H groups in total. The highest BCUT2D eigenvalue weighted by Gasteiger charge is 2.59. The molecule has 0 saturated heterocycles. The van der Waals surface area contributed by atoms with Crippen LogP contribution >= 0.6 is 11.6 Å². The summed E-state index contributed by atoms with van der Waals surface area (Å²) in [5, 5.41) is 17.5. The molecule has 148 valence electrons. The Kier molecular flexibility index (Phi) is 4.51. The summed E-state index contributed by atoms with van der Waals surface area (Å²) in [4.78, 5) is 5.83. The van der Waals surface area contributed by atoms with E-state index in [9.17, 15) is 18.3 Å². The Balaban J connectivity index is 1.69. The topological polar surface area (TPSA) is 65.7 Å². The number of anilines is 1. The highest BCUT2D eigenvalue weighted by Crippen LogP contribution is 2.49. The van der Waals surface area contributed by atoms with Crippen molar-refractivity contribution in [3.8, 4) is 0 Å². The molecule has 1 fully saturated rings. The highest BCUT2D eigenvalue weighted by atomic mass is 35.5. The summed E-state index contributed by atoms with van der Waals surface area (Å²) < 4.78 is 43.2. The van der Waals surface area contributed by atoms with Gasteiger partial charge in [0.25, 0.3) is 0 Å². The molecule has 6 nitrogen and oxygen atoms in total. The van der Waals surface area contributed by atoms with E-state index in [4.69, 9.17) is 11.6 Å². The molecule has 1 aliphatic carbocycles. The quantitative estimate of drug-likeness (QED) is 0.825. The first kappa shape index (κ1) is 18.8. The van der Waals surface area contributed by atoms with E-state index in [1.165, 1.54) is 23.7 Å². The number of halogens is 4. The average molecular weight is 404 g/mol. The first-order valence-corrected chi connectivity index (χ1v) is 9.36. The molecule has 1 aliphatic heterocycles. The van der Waals surface area contributed by atoms with Gasteiger partial charge in [-0.2, -0.15) is 18.3 Å². The van der Waals surface area contributed by atoms with E-state index in [0.717, 1.165) is 19.3 Å². The monoisotopic (exact) mass is 403 g/mol. The van der Waals surface area contributed by atoms with Crippen LogP contribution in [0.2, 0.25) is 5.15 Å². The van der Waals surface area contributed by atoms with E-state index in [2.05, 4.69) is 15.4 Å². The lowest BCUT2D eigenvalue weighted by Crippen LogP contribution is -2.49. The second kappa shape index (κ2) is 6.49. The van der Waals surface area contributed by atoms with Gasteiger partial charge in [0, 0.05) is 18.7 Å². The van der Waals surface area contributed by atoms with E-state index in [-0.39, 0.29) is 35.7 Å². The van der Waals surface area contributed by atoms with Gasteiger partial charge in [-0.15, -0.1) is 0 Å². The summed E-state index contributed by atoms with van der Waals surface area (Å²) in [5.41, 5.74) is -1.41. The Morgan fingerprint density at radius 2 is 2.11 bits per heavy atom. The fraction of sp³-hybridized carbons (Fsp3) is 0.647. The number of aliphatic hydroxyl groups is 1. The van der Waals surface area contributed by atoms with E-state index in [1.807, 2.05) is 0 Å². The zero-order valence-electron chi connectivity index (χ0n) is 14.8. The Labute approximate surface area is 159 Å². The first-order valence-electron chi connectivity index (χ1n) is 8.98. The SMILES string of the molecule is C[C@@]1(C(F)(F)F)CN(CN[C@@H]2CCCC[C@H]2O)c2cnc3cc(Cl)nn3c21. The summed E-state index contributed by atoms with van der Waals surface area (Å²) in [5.74, 6) is 0. The van der Waals surface area contributed by atoms with Crippen LogP contribution in [-0.4, -0.2) is 51.2 Å². The lowest BCUT2D eigenvalue weighted by molar-refractivity contribution is -0.182. The summed E-state index contributed by atoms with van der Waals surface area (Å²) in [6.07, 6.45) is -0.000979. The van der Waals surface area contributed by atoms with Crippen molar-refractivity contribution in [2.75, 3.05) is 18.1 Å². The van der Waals surface area contributed by atoms with Crippen LogP contribution in [0.1, 0.15) is 38.3 Å². The molecule has 0 unspecified atom stereocenters. The molecule has 27 heavy (non-hydrogen) atoms.